The molecule has 1 aromatic heterocycles. The maximum absolute atomic E-state index is 12.2. The third kappa shape index (κ3) is 1.99. The van der Waals surface area contributed by atoms with Crippen molar-refractivity contribution in [1.29, 1.82) is 0 Å². The summed E-state index contributed by atoms with van der Waals surface area (Å²) in [6.07, 6.45) is 7.53. The molecule has 3 heterocycles. The van der Waals surface area contributed by atoms with Gasteiger partial charge in [0.1, 0.15) is 5.60 Å². The van der Waals surface area contributed by atoms with Gasteiger partial charge in [-0.15, -0.1) is 0 Å². The fraction of sp³-hybridized carbons (Fsp3) is 0.692. The highest BCUT2D eigenvalue weighted by atomic mass is 32.2. The molecule has 5 heteroatoms. The van der Waals surface area contributed by atoms with E-state index in [4.69, 9.17) is 0 Å². The van der Waals surface area contributed by atoms with Crippen LogP contribution in [0.15, 0.2) is 12.4 Å². The largest absolute Gasteiger partial charge is 0.383 e. The van der Waals surface area contributed by atoms with Crippen LogP contribution in [0.25, 0.3) is 0 Å². The number of nitrogens with zero attached hydrogens (tertiary/aromatic N) is 2. The molecule has 0 radical (unpaired) electrons. The van der Waals surface area contributed by atoms with E-state index in [1.165, 1.54) is 0 Å². The first-order chi connectivity index (χ1) is 8.58. The molecule has 2 atom stereocenters. The molecule has 4 nitrogen and oxygen atoms in total. The zero-order chi connectivity index (χ0) is 12.8. The smallest absolute Gasteiger partial charge is 0.110 e. The van der Waals surface area contributed by atoms with E-state index in [0.717, 1.165) is 25.0 Å². The zero-order valence-electron chi connectivity index (χ0n) is 10.5. The molecule has 98 valence electrons. The lowest BCUT2D eigenvalue weighted by molar-refractivity contribution is 0.00201. The number of aryl methyl sites for hydroxylation is 1. The Morgan fingerprint density at radius 2 is 2.00 bits per heavy atom. The third-order valence-electron chi connectivity index (χ3n) is 4.07. The molecule has 18 heavy (non-hydrogen) atoms. The maximum atomic E-state index is 12.2. The molecule has 3 rings (SSSR count). The van der Waals surface area contributed by atoms with Crippen LogP contribution in [0.3, 0.4) is 0 Å². The van der Waals surface area contributed by atoms with Gasteiger partial charge >= 0.3 is 0 Å². The highest BCUT2D eigenvalue weighted by Gasteiger charge is 2.47. The second-order valence-corrected chi connectivity index (χ2v) is 7.48. The summed E-state index contributed by atoms with van der Waals surface area (Å²) >= 11 is 0. The Labute approximate surface area is 109 Å². The van der Waals surface area contributed by atoms with Gasteiger partial charge in [-0.25, -0.2) is 0 Å². The standard InChI is InChI=1S/C13H18N2O2S/c1-9-7-14-8-12(15-9)13(16)5-10-3-2-4-11(6-13)18(10)17/h7-8,10-11,16H,2-6H2,1H3. The minimum atomic E-state index is -0.928. The highest BCUT2D eigenvalue weighted by molar-refractivity contribution is 7.86. The first-order valence-corrected chi connectivity index (χ1v) is 7.77. The van der Waals surface area contributed by atoms with Crippen molar-refractivity contribution in [3.63, 3.8) is 0 Å². The number of hydrogen-bond donors (Lipinski definition) is 1. The Hall–Kier alpha value is -0.810. The number of aromatic nitrogens is 2. The summed E-state index contributed by atoms with van der Waals surface area (Å²) < 4.78 is 12.2. The Balaban J connectivity index is 1.94. The molecule has 2 aliphatic rings. The van der Waals surface area contributed by atoms with Gasteiger partial charge in [-0.05, 0) is 32.6 Å². The van der Waals surface area contributed by atoms with Gasteiger partial charge in [0.05, 0.1) is 17.6 Å². The van der Waals surface area contributed by atoms with Crippen molar-refractivity contribution >= 4 is 10.8 Å². The molecule has 2 saturated heterocycles. The van der Waals surface area contributed by atoms with Crippen molar-refractivity contribution in [3.8, 4) is 0 Å². The molecule has 0 aromatic carbocycles. The monoisotopic (exact) mass is 266 g/mol. The van der Waals surface area contributed by atoms with Crippen molar-refractivity contribution in [2.24, 2.45) is 0 Å². The van der Waals surface area contributed by atoms with Crippen LogP contribution in [-0.4, -0.2) is 29.8 Å². The number of aliphatic hydroxyl groups is 1. The lowest BCUT2D eigenvalue weighted by Gasteiger charge is -2.43. The SMILES string of the molecule is Cc1cncc(C2(O)CC3CCCC(C2)S3=O)n1. The second-order valence-electron chi connectivity index (χ2n) is 5.49. The fourth-order valence-corrected chi connectivity index (χ4v) is 5.40. The fourth-order valence-electron chi connectivity index (χ4n) is 3.18. The van der Waals surface area contributed by atoms with Gasteiger partial charge in [0.25, 0.3) is 0 Å². The summed E-state index contributed by atoms with van der Waals surface area (Å²) in [4.78, 5) is 8.53. The average molecular weight is 266 g/mol. The molecule has 0 saturated carbocycles. The first kappa shape index (κ1) is 12.2. The van der Waals surface area contributed by atoms with Crippen LogP contribution in [0, 0.1) is 6.92 Å². The number of fused-ring (bicyclic) bond motifs is 2. The van der Waals surface area contributed by atoms with Gasteiger partial charge < -0.3 is 5.11 Å². The Kier molecular flexibility index (Phi) is 2.98. The van der Waals surface area contributed by atoms with Crippen LogP contribution >= 0.6 is 0 Å². The quantitative estimate of drug-likeness (QED) is 0.835. The van der Waals surface area contributed by atoms with Crippen LogP contribution in [0.2, 0.25) is 0 Å². The van der Waals surface area contributed by atoms with E-state index in [0.29, 0.717) is 18.5 Å². The first-order valence-electron chi connectivity index (χ1n) is 6.49. The molecular formula is C13H18N2O2S. The van der Waals surface area contributed by atoms with E-state index in [1.807, 2.05) is 6.92 Å². The minimum Gasteiger partial charge on any atom is -0.383 e. The summed E-state index contributed by atoms with van der Waals surface area (Å²) in [6.45, 7) is 1.88. The van der Waals surface area contributed by atoms with Crippen LogP contribution < -0.4 is 0 Å². The van der Waals surface area contributed by atoms with Crippen molar-refractivity contribution in [1.82, 2.24) is 9.97 Å². The van der Waals surface area contributed by atoms with Crippen LogP contribution in [0.4, 0.5) is 0 Å². The molecule has 0 amide bonds. The lowest BCUT2D eigenvalue weighted by atomic mass is 9.83. The molecule has 2 fully saturated rings. The van der Waals surface area contributed by atoms with E-state index in [-0.39, 0.29) is 10.5 Å². The van der Waals surface area contributed by atoms with Gasteiger partial charge in [0, 0.05) is 27.5 Å². The van der Waals surface area contributed by atoms with E-state index in [9.17, 15) is 9.32 Å². The minimum absolute atomic E-state index is 0.129. The molecule has 2 bridgehead atoms. The van der Waals surface area contributed by atoms with E-state index in [1.54, 1.807) is 12.4 Å². The van der Waals surface area contributed by atoms with Crippen molar-refractivity contribution < 1.29 is 9.32 Å². The van der Waals surface area contributed by atoms with Crippen LogP contribution in [0.5, 0.6) is 0 Å². The Morgan fingerprint density at radius 3 is 2.61 bits per heavy atom. The molecule has 0 spiro atoms. The predicted octanol–water partition coefficient (Wildman–Crippen LogP) is 1.44. The van der Waals surface area contributed by atoms with Gasteiger partial charge in [0.2, 0.25) is 0 Å². The summed E-state index contributed by atoms with van der Waals surface area (Å²) in [6, 6.07) is 0. The van der Waals surface area contributed by atoms with Crippen LogP contribution in [-0.2, 0) is 16.4 Å². The van der Waals surface area contributed by atoms with Crippen molar-refractivity contribution in [3.05, 3.63) is 23.8 Å². The normalized spacial score (nSPS) is 39.6. The second kappa shape index (κ2) is 4.38. The number of rotatable bonds is 1. The Bertz CT molecular complexity index is 476. The zero-order valence-corrected chi connectivity index (χ0v) is 11.3. The number of hydrogen-bond acceptors (Lipinski definition) is 4. The van der Waals surface area contributed by atoms with Crippen LogP contribution in [0.1, 0.15) is 43.5 Å². The maximum Gasteiger partial charge on any atom is 0.110 e. The average Bonchev–Trinajstić information content (AvgIpc) is 2.31. The molecule has 0 aliphatic carbocycles. The summed E-state index contributed by atoms with van der Waals surface area (Å²) in [5.41, 5.74) is 0.539. The summed E-state index contributed by atoms with van der Waals surface area (Å²) in [5.74, 6) is 0. The van der Waals surface area contributed by atoms with E-state index < -0.39 is 16.4 Å². The molecular weight excluding hydrogens is 248 g/mol. The van der Waals surface area contributed by atoms with Crippen molar-refractivity contribution in [2.45, 2.75) is 55.1 Å². The predicted molar refractivity (Wildman–Crippen MR) is 69.5 cm³/mol. The lowest BCUT2D eigenvalue weighted by Crippen LogP contribution is -2.47. The molecule has 1 aromatic rings. The highest BCUT2D eigenvalue weighted by Crippen LogP contribution is 2.43. The summed E-state index contributed by atoms with van der Waals surface area (Å²) in [7, 11) is -0.770. The Morgan fingerprint density at radius 1 is 1.33 bits per heavy atom. The van der Waals surface area contributed by atoms with Gasteiger partial charge in [-0.2, -0.15) is 0 Å². The third-order valence-corrected chi connectivity index (χ3v) is 6.19. The van der Waals surface area contributed by atoms with Gasteiger partial charge in [-0.3, -0.25) is 14.2 Å². The molecule has 1 N–H and O–H groups in total. The van der Waals surface area contributed by atoms with Crippen molar-refractivity contribution in [2.75, 3.05) is 0 Å². The topological polar surface area (TPSA) is 63.1 Å². The molecule has 2 aliphatic heterocycles. The summed E-state index contributed by atoms with van der Waals surface area (Å²) in [5, 5.41) is 11.1. The van der Waals surface area contributed by atoms with E-state index in [2.05, 4.69) is 9.97 Å². The molecule has 2 unspecified atom stereocenters. The van der Waals surface area contributed by atoms with Gasteiger partial charge in [-0.1, -0.05) is 6.42 Å². The van der Waals surface area contributed by atoms with E-state index >= 15 is 0 Å². The van der Waals surface area contributed by atoms with Gasteiger partial charge in [0.15, 0.2) is 0 Å².